The third kappa shape index (κ3) is 3.19. The van der Waals surface area contributed by atoms with E-state index in [1.807, 2.05) is 49.4 Å². The Kier molecular flexibility index (Phi) is 5.07. The van der Waals surface area contributed by atoms with Crippen LogP contribution in [-0.4, -0.2) is 9.55 Å². The van der Waals surface area contributed by atoms with E-state index in [-0.39, 0.29) is 11.1 Å². The minimum atomic E-state index is -0.264. The minimum Gasteiger partial charge on any atom is -0.267 e. The average Bonchev–Trinajstić information content (AvgIpc) is 2.99. The lowest BCUT2D eigenvalue weighted by Crippen LogP contribution is -2.31. The molecule has 0 aliphatic carbocycles. The largest absolute Gasteiger partial charge is 0.273 e. The zero-order chi connectivity index (χ0) is 18.5. The van der Waals surface area contributed by atoms with Crippen LogP contribution < -0.4 is 14.8 Å². The first kappa shape index (κ1) is 17.3. The van der Waals surface area contributed by atoms with E-state index in [0.717, 1.165) is 23.3 Å². The van der Waals surface area contributed by atoms with Crippen LogP contribution >= 0.6 is 11.3 Å². The summed E-state index contributed by atoms with van der Waals surface area (Å²) in [5.41, 5.74) is 1.95. The fourth-order valence-corrected chi connectivity index (χ4v) is 3.65. The Bertz CT molecular complexity index is 1190. The number of nitrogens with zero attached hydrogens (tertiary/aromatic N) is 4. The van der Waals surface area contributed by atoms with Gasteiger partial charge in [-0.15, -0.1) is 11.3 Å². The first-order chi connectivity index (χ1) is 12.7. The number of pyridine rings is 1. The molecule has 0 aliphatic rings. The molecule has 0 radical (unpaired) electrons. The summed E-state index contributed by atoms with van der Waals surface area (Å²) in [6.07, 6.45) is 4.05. The van der Waals surface area contributed by atoms with E-state index in [0.29, 0.717) is 20.6 Å². The molecule has 0 N–H and O–H groups in total. The number of hydrogen-bond donors (Lipinski definition) is 0. The van der Waals surface area contributed by atoms with Crippen LogP contribution in [0.1, 0.15) is 18.2 Å². The maximum Gasteiger partial charge on any atom is 0.273 e. The molecule has 6 heteroatoms. The average molecular weight is 358 g/mol. The highest BCUT2D eigenvalue weighted by molar-refractivity contribution is 7.07. The molecule has 1 aromatic carbocycles. The van der Waals surface area contributed by atoms with Gasteiger partial charge in [0, 0.05) is 6.20 Å². The van der Waals surface area contributed by atoms with E-state index in [1.54, 1.807) is 24.4 Å². The third-order valence-corrected chi connectivity index (χ3v) is 4.93. The van der Waals surface area contributed by atoms with Gasteiger partial charge in [0.2, 0.25) is 0 Å². The quantitative estimate of drug-likeness (QED) is 0.716. The highest BCUT2D eigenvalue weighted by Gasteiger charge is 2.13. The normalized spacial score (nSPS) is 11.0. The van der Waals surface area contributed by atoms with Crippen molar-refractivity contribution in [1.29, 1.82) is 10.5 Å². The summed E-state index contributed by atoms with van der Waals surface area (Å²) in [4.78, 5) is 17.3. The molecule has 26 heavy (non-hydrogen) atoms. The van der Waals surface area contributed by atoms with Gasteiger partial charge in [-0.25, -0.2) is 0 Å². The van der Waals surface area contributed by atoms with Crippen LogP contribution in [0, 0.1) is 22.7 Å². The molecule has 2 heterocycles. The molecule has 0 fully saturated rings. The number of hydrogen-bond acceptors (Lipinski definition) is 5. The Morgan fingerprint density at radius 1 is 1.19 bits per heavy atom. The van der Waals surface area contributed by atoms with E-state index in [9.17, 15) is 15.3 Å². The predicted octanol–water partition coefficient (Wildman–Crippen LogP) is 1.88. The van der Waals surface area contributed by atoms with Gasteiger partial charge in [-0.05, 0) is 36.3 Å². The van der Waals surface area contributed by atoms with Crippen molar-refractivity contribution in [1.82, 2.24) is 9.55 Å². The number of rotatable bonds is 3. The van der Waals surface area contributed by atoms with Gasteiger partial charge in [0.15, 0.2) is 5.57 Å². The van der Waals surface area contributed by atoms with E-state index < -0.39 is 0 Å². The molecular weight excluding hydrogens is 344 g/mol. The van der Waals surface area contributed by atoms with Crippen molar-refractivity contribution < 1.29 is 0 Å². The lowest BCUT2D eigenvalue weighted by molar-refractivity contribution is 0.953. The van der Waals surface area contributed by atoms with Crippen molar-refractivity contribution in [3.8, 4) is 17.8 Å². The van der Waals surface area contributed by atoms with Crippen LogP contribution in [0.4, 0.5) is 0 Å². The Morgan fingerprint density at radius 2 is 1.92 bits per heavy atom. The number of para-hydroxylation sites is 1. The van der Waals surface area contributed by atoms with Gasteiger partial charge in [0.25, 0.3) is 5.56 Å². The predicted molar refractivity (Wildman–Crippen MR) is 101 cm³/mol. The van der Waals surface area contributed by atoms with Gasteiger partial charge < -0.3 is 0 Å². The topological polar surface area (TPSA) is 82.5 Å². The standard InChI is InChI=1S/C20H14N4OS/c1-2-14-7-3-4-9-17(14)24-19(25)18(11-16-8-5-6-10-23-16)26-20(24)15(12-21)13-22/h3-11H,2H2,1H3. The zero-order valence-electron chi connectivity index (χ0n) is 14.0. The molecule has 2 aromatic heterocycles. The summed E-state index contributed by atoms with van der Waals surface area (Å²) in [7, 11) is 0. The maximum atomic E-state index is 13.1. The van der Waals surface area contributed by atoms with E-state index in [1.165, 1.54) is 4.57 Å². The molecule has 0 spiro atoms. The molecular formula is C20H14N4OS. The fraction of sp³-hybridized carbons (Fsp3) is 0.100. The molecule has 0 unspecified atom stereocenters. The highest BCUT2D eigenvalue weighted by Crippen LogP contribution is 2.12. The number of benzene rings is 1. The molecule has 0 saturated carbocycles. The van der Waals surface area contributed by atoms with Gasteiger partial charge in [-0.1, -0.05) is 31.2 Å². The summed E-state index contributed by atoms with van der Waals surface area (Å²) in [5, 5.41) is 18.7. The Labute approximate surface area is 154 Å². The molecule has 126 valence electrons. The number of aromatic nitrogens is 2. The molecule has 0 aliphatic heterocycles. The van der Waals surface area contributed by atoms with Gasteiger partial charge in [-0.3, -0.25) is 14.3 Å². The van der Waals surface area contributed by atoms with Crippen molar-refractivity contribution >= 4 is 23.0 Å². The summed E-state index contributed by atoms with van der Waals surface area (Å²) < 4.78 is 2.22. The second-order valence-corrected chi connectivity index (χ2v) is 6.42. The van der Waals surface area contributed by atoms with Crippen molar-refractivity contribution in [3.63, 3.8) is 0 Å². The van der Waals surface area contributed by atoms with E-state index in [2.05, 4.69) is 4.98 Å². The first-order valence-electron chi connectivity index (χ1n) is 7.97. The van der Waals surface area contributed by atoms with Crippen LogP contribution in [-0.2, 0) is 6.42 Å². The van der Waals surface area contributed by atoms with Crippen molar-refractivity contribution in [2.24, 2.45) is 0 Å². The van der Waals surface area contributed by atoms with Crippen molar-refractivity contribution in [2.45, 2.75) is 13.3 Å². The lowest BCUT2D eigenvalue weighted by Gasteiger charge is -2.08. The summed E-state index contributed by atoms with van der Waals surface area (Å²) >= 11 is 1.13. The van der Waals surface area contributed by atoms with Crippen LogP contribution in [0.3, 0.4) is 0 Å². The van der Waals surface area contributed by atoms with Crippen molar-refractivity contribution in [2.75, 3.05) is 0 Å². The van der Waals surface area contributed by atoms with Crippen LogP contribution in [0.5, 0.6) is 0 Å². The summed E-state index contributed by atoms with van der Waals surface area (Å²) in [6.45, 7) is 2.00. The summed E-state index contributed by atoms with van der Waals surface area (Å²) in [5.74, 6) is 0. The molecule has 3 rings (SSSR count). The van der Waals surface area contributed by atoms with Crippen LogP contribution in [0.25, 0.3) is 17.3 Å². The van der Waals surface area contributed by atoms with Crippen molar-refractivity contribution in [3.05, 3.63) is 79.5 Å². The zero-order valence-corrected chi connectivity index (χ0v) is 14.8. The minimum absolute atomic E-state index is 0.0846. The van der Waals surface area contributed by atoms with E-state index in [4.69, 9.17) is 0 Å². The number of aryl methyl sites for hydroxylation is 1. The van der Waals surface area contributed by atoms with E-state index >= 15 is 0 Å². The first-order valence-corrected chi connectivity index (χ1v) is 8.78. The SMILES string of the molecule is CCc1ccccc1-n1c(=C(C#N)C#N)sc(=Cc2ccccn2)c1=O. The maximum absolute atomic E-state index is 13.1. The number of thiazole rings is 1. The van der Waals surface area contributed by atoms with Crippen LogP contribution in [0.2, 0.25) is 0 Å². The van der Waals surface area contributed by atoms with Gasteiger partial charge in [0.05, 0.1) is 15.9 Å². The molecule has 5 nitrogen and oxygen atoms in total. The van der Waals surface area contributed by atoms with Gasteiger partial charge in [0.1, 0.15) is 16.8 Å². The van der Waals surface area contributed by atoms with Gasteiger partial charge in [-0.2, -0.15) is 10.5 Å². The second-order valence-electron chi connectivity index (χ2n) is 5.39. The third-order valence-electron chi connectivity index (χ3n) is 3.84. The molecule has 3 aromatic rings. The molecule has 0 saturated heterocycles. The second kappa shape index (κ2) is 7.60. The molecule has 0 atom stereocenters. The Balaban J connectivity index is 2.44. The lowest BCUT2D eigenvalue weighted by atomic mass is 10.1. The number of nitriles is 2. The molecule has 0 bridgehead atoms. The fourth-order valence-electron chi connectivity index (χ4n) is 2.61. The Morgan fingerprint density at radius 3 is 2.58 bits per heavy atom. The highest BCUT2D eigenvalue weighted by atomic mass is 32.1. The van der Waals surface area contributed by atoms with Gasteiger partial charge >= 0.3 is 0 Å². The molecule has 0 amide bonds. The summed E-state index contributed by atoms with van der Waals surface area (Å²) in [6, 6.07) is 16.7. The van der Waals surface area contributed by atoms with Crippen LogP contribution in [0.15, 0.2) is 53.5 Å². The monoisotopic (exact) mass is 358 g/mol. The smallest absolute Gasteiger partial charge is 0.267 e. The Hall–Kier alpha value is -3.48.